The molecule has 0 bridgehead atoms. The van der Waals surface area contributed by atoms with Gasteiger partial charge in [0.1, 0.15) is 5.88 Å². The maximum Gasteiger partial charge on any atom is 0.167 e. The molecule has 1 aliphatic rings. The number of rotatable bonds is 5. The zero-order valence-corrected chi connectivity index (χ0v) is 14.7. The van der Waals surface area contributed by atoms with Crippen molar-refractivity contribution in [3.63, 3.8) is 0 Å². The van der Waals surface area contributed by atoms with E-state index in [1.54, 1.807) is 0 Å². The average molecular weight is 358 g/mol. The van der Waals surface area contributed by atoms with E-state index in [2.05, 4.69) is 28.8 Å². The van der Waals surface area contributed by atoms with Crippen molar-refractivity contribution >= 4 is 32.9 Å². The van der Waals surface area contributed by atoms with Crippen LogP contribution in [0.2, 0.25) is 0 Å². The van der Waals surface area contributed by atoms with Crippen molar-refractivity contribution in [2.75, 3.05) is 12.4 Å². The van der Waals surface area contributed by atoms with Crippen LogP contribution in [0, 0.1) is 0 Å². The third-order valence-electron chi connectivity index (χ3n) is 5.18. The molecule has 1 aliphatic heterocycles. The summed E-state index contributed by atoms with van der Waals surface area (Å²) in [6.07, 6.45) is 1.23. The SMILES string of the molecule is O=S(O)CN1CCCC1C(O)Cn1c2ccccc2c2ccccc21. The van der Waals surface area contributed by atoms with Crippen LogP contribution in [-0.4, -0.2) is 47.9 Å². The maximum atomic E-state index is 11.2. The van der Waals surface area contributed by atoms with Crippen molar-refractivity contribution in [3.05, 3.63) is 48.5 Å². The highest BCUT2D eigenvalue weighted by atomic mass is 32.2. The van der Waals surface area contributed by atoms with E-state index < -0.39 is 17.2 Å². The lowest BCUT2D eigenvalue weighted by Gasteiger charge is -2.28. The number of benzene rings is 2. The Labute approximate surface area is 149 Å². The van der Waals surface area contributed by atoms with Crippen LogP contribution in [0.25, 0.3) is 21.8 Å². The molecule has 3 atom stereocenters. The molecule has 0 aliphatic carbocycles. The fourth-order valence-corrected chi connectivity index (χ4v) is 4.70. The van der Waals surface area contributed by atoms with Gasteiger partial charge >= 0.3 is 0 Å². The third kappa shape index (κ3) is 3.11. The maximum absolute atomic E-state index is 11.2. The quantitative estimate of drug-likeness (QED) is 0.689. The fourth-order valence-electron chi connectivity index (χ4n) is 4.10. The van der Waals surface area contributed by atoms with Gasteiger partial charge in [-0.15, -0.1) is 0 Å². The predicted molar refractivity (Wildman–Crippen MR) is 101 cm³/mol. The molecule has 0 spiro atoms. The van der Waals surface area contributed by atoms with Crippen molar-refractivity contribution in [2.24, 2.45) is 0 Å². The summed E-state index contributed by atoms with van der Waals surface area (Å²) in [5, 5.41) is 13.3. The summed E-state index contributed by atoms with van der Waals surface area (Å²) < 4.78 is 22.5. The molecule has 132 valence electrons. The van der Waals surface area contributed by atoms with Crippen molar-refractivity contribution in [1.29, 1.82) is 0 Å². The molecule has 25 heavy (non-hydrogen) atoms. The molecule has 1 aromatic heterocycles. The lowest BCUT2D eigenvalue weighted by Crippen LogP contribution is -2.42. The monoisotopic (exact) mass is 358 g/mol. The van der Waals surface area contributed by atoms with Gasteiger partial charge < -0.3 is 14.2 Å². The molecule has 1 fully saturated rings. The molecule has 5 nitrogen and oxygen atoms in total. The molecule has 2 aromatic carbocycles. The van der Waals surface area contributed by atoms with E-state index in [0.29, 0.717) is 6.54 Å². The van der Waals surface area contributed by atoms with Gasteiger partial charge in [0, 0.05) is 27.8 Å². The number of likely N-dealkylation sites (tertiary alicyclic amines) is 1. The van der Waals surface area contributed by atoms with Gasteiger partial charge in [0.05, 0.1) is 12.6 Å². The van der Waals surface area contributed by atoms with Gasteiger partial charge in [-0.3, -0.25) is 4.90 Å². The Kier molecular flexibility index (Phi) is 4.60. The van der Waals surface area contributed by atoms with Crippen molar-refractivity contribution in [1.82, 2.24) is 9.47 Å². The lowest BCUT2D eigenvalue weighted by atomic mass is 10.1. The van der Waals surface area contributed by atoms with E-state index in [4.69, 9.17) is 0 Å². The smallest absolute Gasteiger partial charge is 0.167 e. The zero-order valence-electron chi connectivity index (χ0n) is 13.9. The minimum atomic E-state index is -1.87. The van der Waals surface area contributed by atoms with Crippen LogP contribution >= 0.6 is 0 Å². The fraction of sp³-hybridized carbons (Fsp3) is 0.368. The number of aliphatic hydroxyl groups is 1. The molecule has 6 heteroatoms. The Bertz CT molecular complexity index is 870. The Hall–Kier alpha value is -1.73. The summed E-state index contributed by atoms with van der Waals surface area (Å²) in [6.45, 7) is 1.24. The minimum Gasteiger partial charge on any atom is -0.390 e. The van der Waals surface area contributed by atoms with Crippen LogP contribution in [0.4, 0.5) is 0 Å². The molecule has 0 amide bonds. The van der Waals surface area contributed by atoms with Gasteiger partial charge in [-0.1, -0.05) is 36.4 Å². The van der Waals surface area contributed by atoms with Crippen LogP contribution in [0.5, 0.6) is 0 Å². The first kappa shape index (κ1) is 16.7. The van der Waals surface area contributed by atoms with E-state index in [9.17, 15) is 13.9 Å². The summed E-state index contributed by atoms with van der Waals surface area (Å²) in [5.74, 6) is 0.106. The van der Waals surface area contributed by atoms with Gasteiger partial charge in [0.25, 0.3) is 0 Å². The van der Waals surface area contributed by atoms with Crippen LogP contribution in [0.1, 0.15) is 12.8 Å². The minimum absolute atomic E-state index is 0.0731. The normalized spacial score (nSPS) is 21.1. The summed E-state index contributed by atoms with van der Waals surface area (Å²) in [7, 11) is 0. The Morgan fingerprint density at radius 2 is 1.68 bits per heavy atom. The highest BCUT2D eigenvalue weighted by molar-refractivity contribution is 7.79. The third-order valence-corrected chi connectivity index (χ3v) is 5.74. The molecule has 3 unspecified atom stereocenters. The van der Waals surface area contributed by atoms with Gasteiger partial charge in [-0.25, -0.2) is 4.21 Å². The summed E-state index contributed by atoms with van der Waals surface area (Å²) in [4.78, 5) is 1.94. The number of aromatic nitrogens is 1. The first-order chi connectivity index (χ1) is 12.1. The topological polar surface area (TPSA) is 65.7 Å². The van der Waals surface area contributed by atoms with E-state index in [1.165, 1.54) is 10.8 Å². The molecule has 2 heterocycles. The number of aliphatic hydroxyl groups excluding tert-OH is 1. The van der Waals surface area contributed by atoms with E-state index in [1.807, 2.05) is 29.2 Å². The molecule has 3 aromatic rings. The first-order valence-corrected chi connectivity index (χ1v) is 9.88. The molecule has 4 rings (SSSR count). The zero-order chi connectivity index (χ0) is 17.4. The van der Waals surface area contributed by atoms with E-state index in [0.717, 1.165) is 30.4 Å². The Morgan fingerprint density at radius 1 is 1.08 bits per heavy atom. The first-order valence-electron chi connectivity index (χ1n) is 8.60. The Balaban J connectivity index is 1.69. The molecular formula is C19H22N2O3S. The summed E-state index contributed by atoms with van der Waals surface area (Å²) >= 11 is -1.87. The second kappa shape index (κ2) is 6.88. The second-order valence-corrected chi connectivity index (χ2v) is 7.59. The standard InChI is InChI=1S/C19H22N2O3S/c22-19(18-10-5-11-20(18)13-25(23)24)12-21-16-8-3-1-6-14(16)15-7-2-4-9-17(15)21/h1-4,6-9,18-19,22H,5,10-13H2,(H,23,24). The number of hydrogen-bond acceptors (Lipinski definition) is 3. The molecule has 0 radical (unpaired) electrons. The van der Waals surface area contributed by atoms with Crippen LogP contribution in [0.15, 0.2) is 48.5 Å². The largest absolute Gasteiger partial charge is 0.390 e. The second-order valence-electron chi connectivity index (χ2n) is 6.68. The summed E-state index contributed by atoms with van der Waals surface area (Å²) in [6, 6.07) is 16.4. The van der Waals surface area contributed by atoms with Crippen LogP contribution < -0.4 is 0 Å². The molecular weight excluding hydrogens is 336 g/mol. The van der Waals surface area contributed by atoms with Crippen molar-refractivity contribution in [2.45, 2.75) is 31.5 Å². The Morgan fingerprint density at radius 3 is 2.28 bits per heavy atom. The number of hydrogen-bond donors (Lipinski definition) is 2. The average Bonchev–Trinajstić information content (AvgIpc) is 3.18. The number of fused-ring (bicyclic) bond motifs is 3. The highest BCUT2D eigenvalue weighted by Gasteiger charge is 2.32. The van der Waals surface area contributed by atoms with E-state index >= 15 is 0 Å². The highest BCUT2D eigenvalue weighted by Crippen LogP contribution is 2.30. The van der Waals surface area contributed by atoms with Gasteiger partial charge in [-0.05, 0) is 31.5 Å². The molecule has 1 saturated heterocycles. The van der Waals surface area contributed by atoms with E-state index in [-0.39, 0.29) is 11.9 Å². The van der Waals surface area contributed by atoms with Gasteiger partial charge in [0.15, 0.2) is 11.1 Å². The lowest BCUT2D eigenvalue weighted by molar-refractivity contribution is 0.0696. The molecule has 2 N–H and O–H groups in total. The molecule has 0 saturated carbocycles. The van der Waals surface area contributed by atoms with Crippen molar-refractivity contribution < 1.29 is 13.9 Å². The number of nitrogens with zero attached hydrogens (tertiary/aromatic N) is 2. The van der Waals surface area contributed by atoms with Gasteiger partial charge in [0.2, 0.25) is 0 Å². The van der Waals surface area contributed by atoms with Gasteiger partial charge in [-0.2, -0.15) is 0 Å². The predicted octanol–water partition coefficient (Wildman–Crippen LogP) is 2.80. The summed E-state index contributed by atoms with van der Waals surface area (Å²) in [5.41, 5.74) is 2.22. The van der Waals surface area contributed by atoms with Crippen LogP contribution in [0.3, 0.4) is 0 Å². The van der Waals surface area contributed by atoms with Crippen LogP contribution in [-0.2, 0) is 17.6 Å². The van der Waals surface area contributed by atoms with Crippen molar-refractivity contribution in [3.8, 4) is 0 Å². The number of para-hydroxylation sites is 2.